The zero-order chi connectivity index (χ0) is 12.6. The molecule has 1 aromatic carbocycles. The van der Waals surface area contributed by atoms with Crippen LogP contribution in [0.1, 0.15) is 10.4 Å². The van der Waals surface area contributed by atoms with Crippen LogP contribution >= 0.6 is 11.6 Å². The topological polar surface area (TPSA) is 85.2 Å². The Hall–Kier alpha value is -2.01. The summed E-state index contributed by atoms with van der Waals surface area (Å²) >= 11 is 5.93. The molecule has 0 unspecified atom stereocenters. The highest BCUT2D eigenvalue weighted by atomic mass is 35.5. The average molecular weight is 253 g/mol. The van der Waals surface area contributed by atoms with E-state index in [2.05, 4.69) is 4.98 Å². The van der Waals surface area contributed by atoms with Crippen molar-refractivity contribution < 1.29 is 14.3 Å². The quantitative estimate of drug-likeness (QED) is 0.641. The van der Waals surface area contributed by atoms with E-state index in [9.17, 15) is 9.59 Å². The SMILES string of the molecule is COc1cc2c(C(=O)C(N)=O)c[nH]c2cc1Cl. The molecule has 2 aromatic rings. The van der Waals surface area contributed by atoms with Crippen LogP contribution in [0.25, 0.3) is 10.9 Å². The second kappa shape index (κ2) is 4.10. The zero-order valence-electron chi connectivity index (χ0n) is 8.91. The van der Waals surface area contributed by atoms with Crippen LogP contribution in [0.5, 0.6) is 5.75 Å². The molecular formula is C11H9ClN2O3. The van der Waals surface area contributed by atoms with Crippen LogP contribution in [0.4, 0.5) is 0 Å². The van der Waals surface area contributed by atoms with Gasteiger partial charge in [0.25, 0.3) is 11.7 Å². The van der Waals surface area contributed by atoms with Gasteiger partial charge in [-0.05, 0) is 12.1 Å². The molecule has 1 heterocycles. The van der Waals surface area contributed by atoms with Crippen molar-refractivity contribution in [2.45, 2.75) is 0 Å². The van der Waals surface area contributed by atoms with Gasteiger partial charge in [-0.2, -0.15) is 0 Å². The third kappa shape index (κ3) is 1.85. The molecule has 1 amide bonds. The van der Waals surface area contributed by atoms with Crippen molar-refractivity contribution >= 4 is 34.2 Å². The van der Waals surface area contributed by atoms with Crippen molar-refractivity contribution in [3.05, 3.63) is 28.9 Å². The standard InChI is InChI=1S/C11H9ClN2O3/c1-17-9-2-5-6(10(15)11(13)16)4-14-8(5)3-7(9)12/h2-4,14H,1H3,(H2,13,16). The van der Waals surface area contributed by atoms with Crippen LogP contribution in [0, 0.1) is 0 Å². The van der Waals surface area contributed by atoms with Crippen molar-refractivity contribution in [1.29, 1.82) is 0 Å². The first-order valence-electron chi connectivity index (χ1n) is 4.73. The Morgan fingerprint density at radius 2 is 2.12 bits per heavy atom. The van der Waals surface area contributed by atoms with E-state index in [1.807, 2.05) is 0 Å². The Morgan fingerprint density at radius 3 is 2.71 bits per heavy atom. The summed E-state index contributed by atoms with van der Waals surface area (Å²) in [4.78, 5) is 25.2. The summed E-state index contributed by atoms with van der Waals surface area (Å²) in [5.41, 5.74) is 5.81. The van der Waals surface area contributed by atoms with Crippen LogP contribution in [0.3, 0.4) is 0 Å². The van der Waals surface area contributed by atoms with Crippen molar-refractivity contribution in [2.75, 3.05) is 7.11 Å². The van der Waals surface area contributed by atoms with Gasteiger partial charge in [-0.1, -0.05) is 11.6 Å². The van der Waals surface area contributed by atoms with Gasteiger partial charge < -0.3 is 15.5 Å². The number of nitrogens with two attached hydrogens (primary N) is 1. The molecule has 0 spiro atoms. The number of methoxy groups -OCH3 is 1. The van der Waals surface area contributed by atoms with Crippen LogP contribution in [0.2, 0.25) is 5.02 Å². The van der Waals surface area contributed by atoms with Gasteiger partial charge in [0.1, 0.15) is 5.75 Å². The summed E-state index contributed by atoms with van der Waals surface area (Å²) in [6.07, 6.45) is 1.42. The van der Waals surface area contributed by atoms with Crippen molar-refractivity contribution in [2.24, 2.45) is 5.73 Å². The fourth-order valence-corrected chi connectivity index (χ4v) is 1.84. The van der Waals surface area contributed by atoms with Crippen molar-refractivity contribution in [3.63, 3.8) is 0 Å². The number of ether oxygens (including phenoxy) is 1. The van der Waals surface area contributed by atoms with Gasteiger partial charge >= 0.3 is 0 Å². The molecule has 88 valence electrons. The highest BCUT2D eigenvalue weighted by Crippen LogP contribution is 2.31. The molecule has 17 heavy (non-hydrogen) atoms. The molecule has 1 aromatic heterocycles. The van der Waals surface area contributed by atoms with Crippen LogP contribution in [-0.4, -0.2) is 23.8 Å². The molecule has 0 aliphatic carbocycles. The van der Waals surface area contributed by atoms with Crippen molar-refractivity contribution in [3.8, 4) is 5.75 Å². The number of carbonyl (C=O) groups excluding carboxylic acids is 2. The van der Waals surface area contributed by atoms with E-state index in [1.54, 1.807) is 12.1 Å². The Labute approximate surface area is 101 Å². The number of H-pyrrole nitrogens is 1. The minimum atomic E-state index is -1.00. The number of Topliss-reactive ketones (excluding diaryl/α,β-unsaturated/α-hetero) is 1. The molecule has 0 saturated heterocycles. The number of nitrogens with one attached hydrogen (secondary N) is 1. The molecule has 0 bridgehead atoms. The summed E-state index contributed by atoms with van der Waals surface area (Å²) in [7, 11) is 1.47. The third-order valence-electron chi connectivity index (χ3n) is 2.42. The largest absolute Gasteiger partial charge is 0.495 e. The highest BCUT2D eigenvalue weighted by molar-refractivity contribution is 6.44. The summed E-state index contributed by atoms with van der Waals surface area (Å²) < 4.78 is 5.04. The molecule has 0 radical (unpaired) electrons. The Balaban J connectivity index is 2.67. The summed E-state index contributed by atoms with van der Waals surface area (Å²) in [5.74, 6) is -1.32. The number of aromatic amines is 1. The summed E-state index contributed by atoms with van der Waals surface area (Å²) in [6.45, 7) is 0. The van der Waals surface area contributed by atoms with E-state index >= 15 is 0 Å². The number of amides is 1. The molecule has 0 aliphatic heterocycles. The molecule has 2 rings (SSSR count). The van der Waals surface area contributed by atoms with E-state index in [0.717, 1.165) is 0 Å². The molecule has 5 nitrogen and oxygen atoms in total. The fraction of sp³-hybridized carbons (Fsp3) is 0.0909. The number of hydrogen-bond donors (Lipinski definition) is 2. The Kier molecular flexibility index (Phi) is 2.77. The first kappa shape index (κ1) is 11.5. The smallest absolute Gasteiger partial charge is 0.289 e. The third-order valence-corrected chi connectivity index (χ3v) is 2.72. The maximum atomic E-state index is 11.5. The fourth-order valence-electron chi connectivity index (χ4n) is 1.60. The van der Waals surface area contributed by atoms with E-state index in [4.69, 9.17) is 22.1 Å². The molecule has 0 saturated carbocycles. The highest BCUT2D eigenvalue weighted by Gasteiger charge is 2.18. The van der Waals surface area contributed by atoms with Gasteiger partial charge in [0.2, 0.25) is 0 Å². The minimum absolute atomic E-state index is 0.211. The number of ketones is 1. The first-order valence-corrected chi connectivity index (χ1v) is 5.11. The lowest BCUT2D eigenvalue weighted by molar-refractivity contribution is -0.114. The molecule has 3 N–H and O–H groups in total. The normalized spacial score (nSPS) is 10.5. The average Bonchev–Trinajstić information content (AvgIpc) is 2.69. The number of primary amides is 1. The lowest BCUT2D eigenvalue weighted by Gasteiger charge is -2.03. The van der Waals surface area contributed by atoms with Crippen molar-refractivity contribution in [1.82, 2.24) is 4.98 Å². The van der Waals surface area contributed by atoms with Crippen LogP contribution < -0.4 is 10.5 Å². The minimum Gasteiger partial charge on any atom is -0.495 e. The lowest BCUT2D eigenvalue weighted by atomic mass is 10.1. The lowest BCUT2D eigenvalue weighted by Crippen LogP contribution is -2.22. The van der Waals surface area contributed by atoms with Gasteiger partial charge in [0.15, 0.2) is 0 Å². The monoisotopic (exact) mass is 252 g/mol. The number of halogens is 1. The predicted octanol–water partition coefficient (Wildman–Crippen LogP) is 1.50. The number of benzene rings is 1. The molecule has 6 heteroatoms. The maximum absolute atomic E-state index is 11.5. The molecule has 0 aliphatic rings. The summed E-state index contributed by atoms with van der Waals surface area (Å²) in [5, 5.41) is 0.968. The van der Waals surface area contributed by atoms with E-state index in [0.29, 0.717) is 21.7 Å². The summed E-state index contributed by atoms with van der Waals surface area (Å²) in [6, 6.07) is 3.21. The first-order chi connectivity index (χ1) is 8.04. The number of carbonyl (C=O) groups is 2. The van der Waals surface area contributed by atoms with E-state index in [1.165, 1.54) is 13.3 Å². The van der Waals surface area contributed by atoms with Gasteiger partial charge in [-0.25, -0.2) is 0 Å². The molecule has 0 fully saturated rings. The number of hydrogen-bond acceptors (Lipinski definition) is 3. The predicted molar refractivity (Wildman–Crippen MR) is 63.4 cm³/mol. The van der Waals surface area contributed by atoms with Gasteiger partial charge in [-0.3, -0.25) is 9.59 Å². The maximum Gasteiger partial charge on any atom is 0.289 e. The second-order valence-corrected chi connectivity index (χ2v) is 3.84. The Morgan fingerprint density at radius 1 is 1.41 bits per heavy atom. The number of aromatic nitrogens is 1. The van der Waals surface area contributed by atoms with Gasteiger partial charge in [0, 0.05) is 17.1 Å². The van der Waals surface area contributed by atoms with E-state index < -0.39 is 11.7 Å². The number of rotatable bonds is 3. The zero-order valence-corrected chi connectivity index (χ0v) is 9.67. The van der Waals surface area contributed by atoms with Gasteiger partial charge in [0.05, 0.1) is 17.7 Å². The van der Waals surface area contributed by atoms with Crippen LogP contribution in [-0.2, 0) is 4.79 Å². The van der Waals surface area contributed by atoms with E-state index in [-0.39, 0.29) is 5.56 Å². The second-order valence-electron chi connectivity index (χ2n) is 3.43. The molecule has 0 atom stereocenters. The van der Waals surface area contributed by atoms with Crippen LogP contribution in [0.15, 0.2) is 18.3 Å². The molecular weight excluding hydrogens is 244 g/mol. The van der Waals surface area contributed by atoms with Gasteiger partial charge in [-0.15, -0.1) is 0 Å². The Bertz CT molecular complexity index is 618. The number of fused-ring (bicyclic) bond motifs is 1.